The number of nitrogens with zero attached hydrogens (tertiary/aromatic N) is 1. The summed E-state index contributed by atoms with van der Waals surface area (Å²) in [4.78, 5) is 24.3. The van der Waals surface area contributed by atoms with Crippen molar-refractivity contribution in [3.8, 4) is 11.5 Å². The van der Waals surface area contributed by atoms with Gasteiger partial charge in [0, 0.05) is 4.47 Å². The molecule has 0 aromatic heterocycles. The SMILES string of the molecule is COc1ccc(C(=O)Oc2ccc(/C=N/NC(=O)c3ccccc3Br)cc2)cc1. The van der Waals surface area contributed by atoms with E-state index in [1.54, 1.807) is 73.8 Å². The highest BCUT2D eigenvalue weighted by Gasteiger charge is 2.09. The zero-order valence-corrected chi connectivity index (χ0v) is 17.0. The van der Waals surface area contributed by atoms with Gasteiger partial charge in [0.1, 0.15) is 11.5 Å². The maximum absolute atomic E-state index is 12.2. The third-order valence-corrected chi connectivity index (χ3v) is 4.61. The van der Waals surface area contributed by atoms with Crippen molar-refractivity contribution in [2.24, 2.45) is 5.10 Å². The van der Waals surface area contributed by atoms with E-state index in [2.05, 4.69) is 26.5 Å². The van der Waals surface area contributed by atoms with E-state index in [4.69, 9.17) is 9.47 Å². The van der Waals surface area contributed by atoms with Crippen LogP contribution in [0.15, 0.2) is 82.4 Å². The van der Waals surface area contributed by atoms with Crippen molar-refractivity contribution in [2.45, 2.75) is 0 Å². The highest BCUT2D eigenvalue weighted by Crippen LogP contribution is 2.17. The Hall–Kier alpha value is -3.45. The molecule has 1 amide bonds. The van der Waals surface area contributed by atoms with Crippen LogP contribution in [0.25, 0.3) is 0 Å². The Labute approximate surface area is 176 Å². The van der Waals surface area contributed by atoms with E-state index in [1.165, 1.54) is 6.21 Å². The summed E-state index contributed by atoms with van der Waals surface area (Å²) < 4.78 is 11.1. The molecule has 146 valence electrons. The van der Waals surface area contributed by atoms with E-state index in [1.807, 2.05) is 6.07 Å². The number of carbonyl (C=O) groups is 2. The molecule has 0 heterocycles. The molecule has 0 radical (unpaired) electrons. The summed E-state index contributed by atoms with van der Waals surface area (Å²) in [7, 11) is 1.56. The smallest absolute Gasteiger partial charge is 0.343 e. The van der Waals surface area contributed by atoms with Gasteiger partial charge in [-0.15, -0.1) is 0 Å². The van der Waals surface area contributed by atoms with Crippen LogP contribution >= 0.6 is 15.9 Å². The molecule has 29 heavy (non-hydrogen) atoms. The predicted octanol–water partition coefficient (Wildman–Crippen LogP) is 4.44. The van der Waals surface area contributed by atoms with Gasteiger partial charge in [-0.05, 0) is 82.2 Å². The van der Waals surface area contributed by atoms with Crippen molar-refractivity contribution in [2.75, 3.05) is 7.11 Å². The molecule has 0 aliphatic rings. The second-order valence-electron chi connectivity index (χ2n) is 5.87. The Bertz CT molecular complexity index is 1030. The van der Waals surface area contributed by atoms with E-state index >= 15 is 0 Å². The Morgan fingerprint density at radius 2 is 1.59 bits per heavy atom. The van der Waals surface area contributed by atoms with Gasteiger partial charge in [0.25, 0.3) is 5.91 Å². The zero-order valence-electron chi connectivity index (χ0n) is 15.5. The fourth-order valence-corrected chi connectivity index (χ4v) is 2.85. The van der Waals surface area contributed by atoms with Crippen LogP contribution in [0.3, 0.4) is 0 Å². The second kappa shape index (κ2) is 9.66. The van der Waals surface area contributed by atoms with Gasteiger partial charge in [-0.25, -0.2) is 10.2 Å². The standard InChI is InChI=1S/C22H17BrN2O4/c1-28-17-12-8-16(9-13-17)22(27)29-18-10-6-15(7-11-18)14-24-25-21(26)19-4-2-3-5-20(19)23/h2-14H,1H3,(H,25,26)/b24-14+. The number of carbonyl (C=O) groups excluding carboxylic acids is 2. The summed E-state index contributed by atoms with van der Waals surface area (Å²) in [6, 6.07) is 20.5. The molecule has 3 rings (SSSR count). The van der Waals surface area contributed by atoms with Crippen LogP contribution < -0.4 is 14.9 Å². The molecule has 0 unspecified atom stereocenters. The number of methoxy groups -OCH3 is 1. The summed E-state index contributed by atoms with van der Waals surface area (Å²) in [5, 5.41) is 3.95. The number of hydrogen-bond acceptors (Lipinski definition) is 5. The number of rotatable bonds is 6. The predicted molar refractivity (Wildman–Crippen MR) is 114 cm³/mol. The zero-order chi connectivity index (χ0) is 20.6. The molecule has 0 bridgehead atoms. The second-order valence-corrected chi connectivity index (χ2v) is 6.72. The summed E-state index contributed by atoms with van der Waals surface area (Å²) >= 11 is 3.32. The molecule has 1 N–H and O–H groups in total. The van der Waals surface area contributed by atoms with E-state index in [0.29, 0.717) is 27.1 Å². The van der Waals surface area contributed by atoms with E-state index in [9.17, 15) is 9.59 Å². The largest absolute Gasteiger partial charge is 0.497 e. The van der Waals surface area contributed by atoms with Crippen LogP contribution in [-0.4, -0.2) is 25.2 Å². The molecule has 0 saturated carbocycles. The number of nitrogens with one attached hydrogen (secondary N) is 1. The molecule has 0 aliphatic carbocycles. The van der Waals surface area contributed by atoms with Crippen molar-refractivity contribution in [3.05, 3.63) is 94.0 Å². The molecular formula is C22H17BrN2O4. The highest BCUT2D eigenvalue weighted by molar-refractivity contribution is 9.10. The lowest BCUT2D eigenvalue weighted by Gasteiger charge is -2.05. The molecule has 3 aromatic carbocycles. The Morgan fingerprint density at radius 3 is 2.24 bits per heavy atom. The minimum atomic E-state index is -0.463. The lowest BCUT2D eigenvalue weighted by atomic mass is 10.2. The minimum Gasteiger partial charge on any atom is -0.497 e. The van der Waals surface area contributed by atoms with Crippen molar-refractivity contribution in [1.29, 1.82) is 0 Å². The number of benzene rings is 3. The quantitative estimate of drug-likeness (QED) is 0.259. The lowest BCUT2D eigenvalue weighted by Crippen LogP contribution is -2.18. The first-order valence-electron chi connectivity index (χ1n) is 8.61. The first-order chi connectivity index (χ1) is 14.1. The van der Waals surface area contributed by atoms with Gasteiger partial charge in [-0.1, -0.05) is 12.1 Å². The number of ether oxygens (including phenoxy) is 2. The van der Waals surface area contributed by atoms with Crippen molar-refractivity contribution in [3.63, 3.8) is 0 Å². The molecular weight excluding hydrogens is 436 g/mol. The molecule has 6 nitrogen and oxygen atoms in total. The van der Waals surface area contributed by atoms with Gasteiger partial charge < -0.3 is 9.47 Å². The topological polar surface area (TPSA) is 77.0 Å². The van der Waals surface area contributed by atoms with Gasteiger partial charge in [-0.2, -0.15) is 5.10 Å². The average molecular weight is 453 g/mol. The molecule has 7 heteroatoms. The highest BCUT2D eigenvalue weighted by atomic mass is 79.9. The van der Waals surface area contributed by atoms with Crippen molar-refractivity contribution >= 4 is 34.0 Å². The minimum absolute atomic E-state index is 0.321. The lowest BCUT2D eigenvalue weighted by molar-refractivity contribution is 0.0734. The Kier molecular flexibility index (Phi) is 6.76. The number of amides is 1. The fourth-order valence-electron chi connectivity index (χ4n) is 2.39. The van der Waals surface area contributed by atoms with E-state index in [-0.39, 0.29) is 5.91 Å². The van der Waals surface area contributed by atoms with Gasteiger partial charge in [0.2, 0.25) is 0 Å². The summed E-state index contributed by atoms with van der Waals surface area (Å²) in [6.07, 6.45) is 1.50. The third kappa shape index (κ3) is 5.52. The fraction of sp³-hybridized carbons (Fsp3) is 0.0455. The van der Waals surface area contributed by atoms with Gasteiger partial charge in [0.05, 0.1) is 24.5 Å². The molecule has 0 atom stereocenters. The summed E-state index contributed by atoms with van der Waals surface area (Å²) in [5.41, 5.74) is 4.12. The number of hydrazone groups is 1. The Balaban J connectivity index is 1.56. The first kappa shape index (κ1) is 20.3. The molecule has 0 aliphatic heterocycles. The monoisotopic (exact) mass is 452 g/mol. The van der Waals surface area contributed by atoms with Crippen molar-refractivity contribution in [1.82, 2.24) is 5.43 Å². The maximum Gasteiger partial charge on any atom is 0.343 e. The van der Waals surface area contributed by atoms with Crippen LogP contribution in [-0.2, 0) is 0 Å². The van der Waals surface area contributed by atoms with Gasteiger partial charge in [0.15, 0.2) is 0 Å². The number of esters is 1. The summed E-state index contributed by atoms with van der Waals surface area (Å²) in [5.74, 6) is 0.283. The van der Waals surface area contributed by atoms with Crippen LogP contribution in [0.2, 0.25) is 0 Å². The third-order valence-electron chi connectivity index (χ3n) is 3.91. The first-order valence-corrected chi connectivity index (χ1v) is 9.40. The van der Waals surface area contributed by atoms with Gasteiger partial charge >= 0.3 is 5.97 Å². The van der Waals surface area contributed by atoms with Crippen LogP contribution in [0, 0.1) is 0 Å². The molecule has 0 fully saturated rings. The van der Waals surface area contributed by atoms with Crippen LogP contribution in [0.4, 0.5) is 0 Å². The summed E-state index contributed by atoms with van der Waals surface area (Å²) in [6.45, 7) is 0. The number of hydrogen-bond donors (Lipinski definition) is 1. The molecule has 3 aromatic rings. The van der Waals surface area contributed by atoms with Crippen LogP contribution in [0.5, 0.6) is 11.5 Å². The maximum atomic E-state index is 12.2. The Morgan fingerprint density at radius 1 is 0.931 bits per heavy atom. The molecule has 0 spiro atoms. The normalized spacial score (nSPS) is 10.6. The van der Waals surface area contributed by atoms with E-state index in [0.717, 1.165) is 5.56 Å². The van der Waals surface area contributed by atoms with Crippen LogP contribution in [0.1, 0.15) is 26.3 Å². The number of halogens is 1. The molecule has 0 saturated heterocycles. The van der Waals surface area contributed by atoms with Gasteiger partial charge in [-0.3, -0.25) is 4.79 Å². The van der Waals surface area contributed by atoms with Crippen molar-refractivity contribution < 1.29 is 19.1 Å². The van der Waals surface area contributed by atoms with E-state index < -0.39 is 5.97 Å². The average Bonchev–Trinajstić information content (AvgIpc) is 2.75.